The van der Waals surface area contributed by atoms with Crippen LogP contribution in [0.25, 0.3) is 0 Å². The van der Waals surface area contributed by atoms with Crippen LogP contribution in [0.1, 0.15) is 47.0 Å². The number of carbonyl (C=O) groups is 1. The SMILES string of the molecule is CCOP(=O)(O)C1=C[C@@H](OC(CC)CC)[C@H](NC(C)=O)[C@@H](N=C(N)N)C1.N. The van der Waals surface area contributed by atoms with E-state index in [4.69, 9.17) is 20.7 Å². The molecule has 0 bridgehead atoms. The van der Waals surface area contributed by atoms with Crippen molar-refractivity contribution in [3.8, 4) is 0 Å². The largest absolute Gasteiger partial charge is 0.370 e. The first-order valence-electron chi connectivity index (χ1n) is 8.84. The third-order valence-corrected chi connectivity index (χ3v) is 5.82. The number of aliphatic imine (C=N–C) groups is 1. The van der Waals surface area contributed by atoms with E-state index in [-0.39, 0.29) is 42.5 Å². The molecule has 0 aliphatic heterocycles. The highest BCUT2D eigenvalue weighted by molar-refractivity contribution is 7.57. The molecule has 4 atom stereocenters. The van der Waals surface area contributed by atoms with Crippen molar-refractivity contribution < 1.29 is 23.5 Å². The predicted octanol–water partition coefficient (Wildman–Crippen LogP) is 1.38. The average molecular weight is 407 g/mol. The molecule has 0 aromatic rings. The van der Waals surface area contributed by atoms with E-state index in [1.54, 1.807) is 13.0 Å². The van der Waals surface area contributed by atoms with E-state index in [0.717, 1.165) is 12.8 Å². The molecular formula is C16H34N5O5P. The summed E-state index contributed by atoms with van der Waals surface area (Å²) >= 11 is 0. The number of nitrogens with one attached hydrogen (secondary N) is 1. The number of nitrogens with zero attached hydrogens (tertiary/aromatic N) is 1. The number of rotatable bonds is 9. The normalized spacial score (nSPS) is 24.4. The fourth-order valence-corrected chi connectivity index (χ4v) is 4.22. The number of carbonyl (C=O) groups excluding carboxylic acids is 1. The van der Waals surface area contributed by atoms with E-state index in [1.807, 2.05) is 13.8 Å². The van der Waals surface area contributed by atoms with Gasteiger partial charge < -0.3 is 37.1 Å². The standard InChI is InChI=1S/C16H31N4O5P.H3N/c1-5-11(6-2)25-14-9-12(26(22,23)24-7-3)8-13(20-16(17)18)15(14)19-10(4)21;/h9,11,13-15H,5-8H2,1-4H3,(H,19,21)(H,22,23)(H4,17,18,20);1H3/t13-,14+,15+;/m0./s1. The van der Waals surface area contributed by atoms with Crippen molar-refractivity contribution in [2.24, 2.45) is 16.5 Å². The van der Waals surface area contributed by atoms with Gasteiger partial charge in [-0.25, -0.2) is 4.99 Å². The number of nitrogens with two attached hydrogens (primary N) is 2. The Hall–Kier alpha value is -1.45. The molecule has 0 aromatic carbocycles. The highest BCUT2D eigenvalue weighted by Gasteiger charge is 2.41. The predicted molar refractivity (Wildman–Crippen MR) is 106 cm³/mol. The minimum Gasteiger partial charge on any atom is -0.370 e. The molecule has 0 fully saturated rings. The number of hydrogen-bond acceptors (Lipinski definition) is 6. The molecule has 11 heteroatoms. The van der Waals surface area contributed by atoms with Crippen LogP contribution in [0, 0.1) is 0 Å². The van der Waals surface area contributed by atoms with Crippen LogP contribution in [0.15, 0.2) is 16.4 Å². The first-order valence-corrected chi connectivity index (χ1v) is 10.4. The Labute approximate surface area is 160 Å². The van der Waals surface area contributed by atoms with Gasteiger partial charge in [-0.05, 0) is 25.8 Å². The van der Waals surface area contributed by atoms with Crippen LogP contribution in [0.3, 0.4) is 0 Å². The van der Waals surface area contributed by atoms with Gasteiger partial charge in [0.15, 0.2) is 5.96 Å². The van der Waals surface area contributed by atoms with Crippen LogP contribution in [0.2, 0.25) is 0 Å². The minimum atomic E-state index is -3.99. The lowest BCUT2D eigenvalue weighted by atomic mass is 9.93. The van der Waals surface area contributed by atoms with Crippen molar-refractivity contribution in [1.29, 1.82) is 0 Å². The van der Waals surface area contributed by atoms with E-state index < -0.39 is 25.8 Å². The summed E-state index contributed by atoms with van der Waals surface area (Å²) in [5.74, 6) is -0.435. The Morgan fingerprint density at radius 1 is 1.41 bits per heavy atom. The van der Waals surface area contributed by atoms with Crippen molar-refractivity contribution in [3.63, 3.8) is 0 Å². The summed E-state index contributed by atoms with van der Waals surface area (Å²) in [5.41, 5.74) is 11.0. The monoisotopic (exact) mass is 407 g/mol. The van der Waals surface area contributed by atoms with E-state index in [9.17, 15) is 14.3 Å². The van der Waals surface area contributed by atoms with Gasteiger partial charge in [-0.3, -0.25) is 9.36 Å². The number of guanidine groups is 1. The van der Waals surface area contributed by atoms with Crippen molar-refractivity contribution >= 4 is 19.5 Å². The Morgan fingerprint density at radius 2 is 2.00 bits per heavy atom. The lowest BCUT2D eigenvalue weighted by molar-refractivity contribution is -0.121. The summed E-state index contributed by atoms with van der Waals surface area (Å²) in [7, 11) is -3.99. The first kappa shape index (κ1) is 25.6. The highest BCUT2D eigenvalue weighted by atomic mass is 31.2. The van der Waals surface area contributed by atoms with Gasteiger partial charge in [0.05, 0.1) is 30.9 Å². The Balaban J connectivity index is 0.00000676. The van der Waals surface area contributed by atoms with Crippen LogP contribution in [-0.2, 0) is 18.6 Å². The van der Waals surface area contributed by atoms with Crippen molar-refractivity contribution in [2.75, 3.05) is 6.61 Å². The Kier molecular flexibility index (Phi) is 10.8. The highest BCUT2D eigenvalue weighted by Crippen LogP contribution is 2.54. The van der Waals surface area contributed by atoms with Crippen LogP contribution >= 0.6 is 7.60 Å². The molecule has 0 aromatic heterocycles. The zero-order chi connectivity index (χ0) is 19.9. The zero-order valence-electron chi connectivity index (χ0n) is 16.6. The smallest absolute Gasteiger partial charge is 0.354 e. The molecule has 0 heterocycles. The van der Waals surface area contributed by atoms with Gasteiger partial charge in [0.1, 0.15) is 0 Å². The summed E-state index contributed by atoms with van der Waals surface area (Å²) in [6, 6.07) is -1.19. The Bertz CT molecular complexity index is 590. The average Bonchev–Trinajstić information content (AvgIpc) is 2.53. The molecule has 1 aliphatic rings. The molecular weight excluding hydrogens is 373 g/mol. The molecule has 27 heavy (non-hydrogen) atoms. The first-order chi connectivity index (χ1) is 12.1. The quantitative estimate of drug-likeness (QED) is 0.215. The molecule has 0 saturated heterocycles. The van der Waals surface area contributed by atoms with Crippen molar-refractivity contribution in [1.82, 2.24) is 11.5 Å². The van der Waals surface area contributed by atoms with Crippen molar-refractivity contribution in [2.45, 2.75) is 71.2 Å². The lowest BCUT2D eigenvalue weighted by Crippen LogP contribution is -2.53. The lowest BCUT2D eigenvalue weighted by Gasteiger charge is -2.37. The van der Waals surface area contributed by atoms with Crippen LogP contribution in [0.5, 0.6) is 0 Å². The van der Waals surface area contributed by atoms with Crippen LogP contribution in [0.4, 0.5) is 0 Å². The van der Waals surface area contributed by atoms with Crippen molar-refractivity contribution in [3.05, 3.63) is 11.4 Å². The topological polar surface area (TPSA) is 184 Å². The Morgan fingerprint density at radius 3 is 2.44 bits per heavy atom. The number of amides is 1. The molecule has 1 amide bonds. The maximum atomic E-state index is 12.5. The second-order valence-electron chi connectivity index (χ2n) is 6.19. The molecule has 9 N–H and O–H groups in total. The number of hydrogen-bond donors (Lipinski definition) is 5. The summed E-state index contributed by atoms with van der Waals surface area (Å²) < 4.78 is 23.6. The fraction of sp³-hybridized carbons (Fsp3) is 0.750. The third kappa shape index (κ3) is 7.59. The van der Waals surface area contributed by atoms with Gasteiger partial charge >= 0.3 is 7.60 Å². The maximum Gasteiger partial charge on any atom is 0.354 e. The van der Waals surface area contributed by atoms with E-state index in [1.165, 1.54) is 6.92 Å². The summed E-state index contributed by atoms with van der Waals surface area (Å²) in [6.45, 7) is 7.08. The second kappa shape index (κ2) is 11.4. The maximum absolute atomic E-state index is 12.5. The molecule has 10 nitrogen and oxygen atoms in total. The molecule has 0 spiro atoms. The fourth-order valence-electron chi connectivity index (χ4n) is 2.95. The van der Waals surface area contributed by atoms with E-state index in [2.05, 4.69) is 10.3 Å². The zero-order valence-corrected chi connectivity index (χ0v) is 17.4. The molecule has 1 rings (SSSR count). The van der Waals surface area contributed by atoms with Gasteiger partial charge in [0.25, 0.3) is 0 Å². The summed E-state index contributed by atoms with van der Waals surface area (Å²) in [4.78, 5) is 26.1. The van der Waals surface area contributed by atoms with Gasteiger partial charge in [0.2, 0.25) is 5.91 Å². The van der Waals surface area contributed by atoms with Gasteiger partial charge in [-0.2, -0.15) is 0 Å². The second-order valence-corrected chi connectivity index (χ2v) is 8.06. The van der Waals surface area contributed by atoms with Crippen LogP contribution < -0.4 is 22.9 Å². The summed E-state index contributed by atoms with van der Waals surface area (Å²) in [5, 5.41) is 2.99. The molecule has 1 unspecified atom stereocenters. The number of ether oxygens (including phenoxy) is 1. The van der Waals surface area contributed by atoms with E-state index in [0.29, 0.717) is 0 Å². The third-order valence-electron chi connectivity index (χ3n) is 4.16. The van der Waals surface area contributed by atoms with Gasteiger partial charge in [0, 0.05) is 18.7 Å². The molecule has 0 saturated carbocycles. The molecule has 1 aliphatic carbocycles. The minimum absolute atomic E-state index is 0. The van der Waals surface area contributed by atoms with E-state index >= 15 is 0 Å². The van der Waals surface area contributed by atoms with Crippen LogP contribution in [-0.4, -0.2) is 47.7 Å². The molecule has 158 valence electrons. The summed E-state index contributed by atoms with van der Waals surface area (Å²) in [6.07, 6.45) is 2.45. The van der Waals surface area contributed by atoms with Gasteiger partial charge in [-0.15, -0.1) is 0 Å². The molecule has 0 radical (unpaired) electrons. The van der Waals surface area contributed by atoms with Gasteiger partial charge in [-0.1, -0.05) is 13.8 Å².